The first-order valence-electron chi connectivity index (χ1n) is 6.17. The van der Waals surface area contributed by atoms with Crippen molar-refractivity contribution in [1.82, 2.24) is 0 Å². The Morgan fingerprint density at radius 2 is 1.71 bits per heavy atom. The van der Waals surface area contributed by atoms with Crippen molar-refractivity contribution >= 4 is 21.0 Å². The van der Waals surface area contributed by atoms with Crippen LogP contribution in [0.1, 0.15) is 64.7 Å². The summed E-state index contributed by atoms with van der Waals surface area (Å²) in [5.74, 6) is 0. The van der Waals surface area contributed by atoms with Crippen molar-refractivity contribution in [2.24, 2.45) is 0 Å². The van der Waals surface area contributed by atoms with E-state index in [-0.39, 0.29) is 12.4 Å². The van der Waals surface area contributed by atoms with Crippen molar-refractivity contribution in [2.75, 3.05) is 6.16 Å². The molecule has 1 rings (SSSR count). The number of unbranched alkanes of at least 4 members (excludes halogenated alkanes) is 3. The van der Waals surface area contributed by atoms with E-state index in [2.05, 4.69) is 6.92 Å². The summed E-state index contributed by atoms with van der Waals surface area (Å²) in [5.41, 5.74) is 1.13. The molecule has 2 heteroatoms. The van der Waals surface area contributed by atoms with Crippen molar-refractivity contribution in [3.8, 4) is 0 Å². The van der Waals surface area contributed by atoms with Gasteiger partial charge in [-0.05, 0) is 31.1 Å². The highest BCUT2D eigenvalue weighted by Crippen LogP contribution is 2.33. The summed E-state index contributed by atoms with van der Waals surface area (Å²) in [5, 5.41) is 0. The van der Waals surface area contributed by atoms with Crippen LogP contribution in [-0.2, 0) is 0 Å². The van der Waals surface area contributed by atoms with Gasteiger partial charge in [0.05, 0.1) is 0 Å². The maximum absolute atomic E-state index is 2.30. The minimum atomic E-state index is 0. The van der Waals surface area contributed by atoms with Crippen LogP contribution in [0.2, 0.25) is 0 Å². The van der Waals surface area contributed by atoms with E-state index in [4.69, 9.17) is 0 Å². The number of rotatable bonds is 6. The van der Waals surface area contributed by atoms with Crippen LogP contribution in [-0.4, -0.2) is 11.8 Å². The zero-order valence-electron chi connectivity index (χ0n) is 9.56. The lowest BCUT2D eigenvalue weighted by Gasteiger charge is -2.21. The van der Waals surface area contributed by atoms with Gasteiger partial charge in [-0.15, -0.1) is 21.0 Å². The van der Waals surface area contributed by atoms with E-state index >= 15 is 0 Å². The molecule has 0 aromatic carbocycles. The Morgan fingerprint density at radius 1 is 1.00 bits per heavy atom. The molecule has 0 bridgehead atoms. The van der Waals surface area contributed by atoms with Gasteiger partial charge in [0.2, 0.25) is 0 Å². The van der Waals surface area contributed by atoms with E-state index in [0.717, 1.165) is 5.66 Å². The average Bonchev–Trinajstić information content (AvgIpc) is 2.19. The molecule has 0 heterocycles. The molecule has 0 saturated heterocycles. The highest BCUT2D eigenvalue weighted by Gasteiger charge is 2.11. The quantitative estimate of drug-likeness (QED) is 0.450. The van der Waals surface area contributed by atoms with Crippen LogP contribution in [0.4, 0.5) is 0 Å². The molecule has 1 aliphatic rings. The first-order valence-corrected chi connectivity index (χ1v) is 7.45. The van der Waals surface area contributed by atoms with Crippen molar-refractivity contribution < 1.29 is 0 Å². The smallest absolute Gasteiger partial charge is 0.0237 e. The molecule has 0 amide bonds. The monoisotopic (exact) mass is 236 g/mol. The van der Waals surface area contributed by atoms with E-state index in [1.165, 1.54) is 59.7 Å². The predicted molar refractivity (Wildman–Crippen MR) is 71.4 cm³/mol. The van der Waals surface area contributed by atoms with E-state index in [1.807, 2.05) is 0 Å². The molecule has 1 atom stereocenters. The Hall–Kier alpha value is 0.720. The highest BCUT2D eigenvalue weighted by molar-refractivity contribution is 7.38. The van der Waals surface area contributed by atoms with Crippen molar-refractivity contribution in [2.45, 2.75) is 70.4 Å². The third-order valence-electron chi connectivity index (χ3n) is 3.07. The van der Waals surface area contributed by atoms with Crippen molar-refractivity contribution in [3.05, 3.63) is 0 Å². The summed E-state index contributed by atoms with van der Waals surface area (Å²) < 4.78 is 0. The van der Waals surface area contributed by atoms with Gasteiger partial charge in [0, 0.05) is 0 Å². The van der Waals surface area contributed by atoms with Crippen LogP contribution in [0, 0.1) is 0 Å². The molecular formula is C12H26ClP. The first kappa shape index (κ1) is 14.7. The van der Waals surface area contributed by atoms with E-state index in [9.17, 15) is 0 Å². The minimum absolute atomic E-state index is 0. The summed E-state index contributed by atoms with van der Waals surface area (Å²) in [7, 11) is 1.29. The lowest BCUT2D eigenvalue weighted by atomic mass is 10.0. The Bertz CT molecular complexity index is 111. The minimum Gasteiger partial charge on any atom is -0.147 e. The molecule has 0 aromatic heterocycles. The van der Waals surface area contributed by atoms with E-state index < -0.39 is 0 Å². The van der Waals surface area contributed by atoms with Gasteiger partial charge < -0.3 is 0 Å². The SMILES string of the molecule is CCCCCCPC1CCCCC1.Cl. The topological polar surface area (TPSA) is 0 Å². The van der Waals surface area contributed by atoms with Gasteiger partial charge in [-0.1, -0.05) is 45.4 Å². The molecule has 0 aliphatic heterocycles. The fourth-order valence-corrected chi connectivity index (χ4v) is 3.84. The highest BCUT2D eigenvalue weighted by atomic mass is 35.5. The number of hydrogen-bond donors (Lipinski definition) is 0. The van der Waals surface area contributed by atoms with E-state index in [0.29, 0.717) is 0 Å². The molecule has 1 saturated carbocycles. The largest absolute Gasteiger partial charge is 0.147 e. The number of hydrogen-bond acceptors (Lipinski definition) is 0. The fourth-order valence-electron chi connectivity index (χ4n) is 2.16. The standard InChI is InChI=1S/C12H25P.ClH/c1-2-3-4-8-11-13-12-9-6-5-7-10-12;/h12-13H,2-11H2,1H3;1H. The second-order valence-corrected chi connectivity index (χ2v) is 6.07. The van der Waals surface area contributed by atoms with Crippen molar-refractivity contribution in [1.29, 1.82) is 0 Å². The van der Waals surface area contributed by atoms with Gasteiger partial charge >= 0.3 is 0 Å². The second kappa shape index (κ2) is 10.2. The van der Waals surface area contributed by atoms with Gasteiger partial charge in [-0.2, -0.15) is 0 Å². The molecule has 14 heavy (non-hydrogen) atoms. The summed E-state index contributed by atoms with van der Waals surface area (Å²) >= 11 is 0. The Kier molecular flexibility index (Phi) is 10.8. The number of halogens is 1. The summed E-state index contributed by atoms with van der Waals surface area (Å²) in [4.78, 5) is 0. The lowest BCUT2D eigenvalue weighted by Crippen LogP contribution is -2.06. The maximum Gasteiger partial charge on any atom is -0.0237 e. The van der Waals surface area contributed by atoms with Crippen LogP contribution < -0.4 is 0 Å². The first-order chi connectivity index (χ1) is 6.43. The Balaban J connectivity index is 0.00000169. The molecule has 0 nitrogen and oxygen atoms in total. The molecule has 0 N–H and O–H groups in total. The van der Waals surface area contributed by atoms with Gasteiger partial charge in [-0.3, -0.25) is 0 Å². The zero-order chi connectivity index (χ0) is 9.36. The average molecular weight is 237 g/mol. The van der Waals surface area contributed by atoms with Crippen LogP contribution in [0.5, 0.6) is 0 Å². The third kappa shape index (κ3) is 7.07. The lowest BCUT2D eigenvalue weighted by molar-refractivity contribution is 0.513. The van der Waals surface area contributed by atoms with Gasteiger partial charge in [-0.25, -0.2) is 0 Å². The summed E-state index contributed by atoms with van der Waals surface area (Å²) in [6, 6.07) is 0. The van der Waals surface area contributed by atoms with Gasteiger partial charge in [0.15, 0.2) is 0 Å². The normalized spacial score (nSPS) is 18.6. The molecule has 0 aromatic rings. The Labute approximate surface area is 97.8 Å². The van der Waals surface area contributed by atoms with Crippen molar-refractivity contribution in [3.63, 3.8) is 0 Å². The molecule has 0 radical (unpaired) electrons. The zero-order valence-corrected chi connectivity index (χ0v) is 11.4. The maximum atomic E-state index is 2.30. The molecule has 1 unspecified atom stereocenters. The second-order valence-electron chi connectivity index (χ2n) is 4.35. The van der Waals surface area contributed by atoms with Gasteiger partial charge in [0.1, 0.15) is 0 Å². The molecule has 1 aliphatic carbocycles. The van der Waals surface area contributed by atoms with Crippen LogP contribution >= 0.6 is 21.0 Å². The molecular weight excluding hydrogens is 211 g/mol. The van der Waals surface area contributed by atoms with Gasteiger partial charge in [0.25, 0.3) is 0 Å². The van der Waals surface area contributed by atoms with Crippen LogP contribution in [0.25, 0.3) is 0 Å². The van der Waals surface area contributed by atoms with E-state index in [1.54, 1.807) is 12.8 Å². The third-order valence-corrected chi connectivity index (χ3v) is 4.87. The van der Waals surface area contributed by atoms with Crippen LogP contribution in [0.15, 0.2) is 0 Å². The summed E-state index contributed by atoms with van der Waals surface area (Å²) in [6.07, 6.45) is 15.0. The predicted octanol–water partition coefficient (Wildman–Crippen LogP) is 5.00. The molecule has 1 fully saturated rings. The van der Waals surface area contributed by atoms with Crippen LogP contribution in [0.3, 0.4) is 0 Å². The Morgan fingerprint density at radius 3 is 2.36 bits per heavy atom. The molecule has 86 valence electrons. The molecule has 0 spiro atoms. The summed E-state index contributed by atoms with van der Waals surface area (Å²) in [6.45, 7) is 2.30. The fraction of sp³-hybridized carbons (Fsp3) is 1.00.